The van der Waals surface area contributed by atoms with Gasteiger partial charge in [-0.2, -0.15) is 0 Å². The molecule has 2 N–H and O–H groups in total. The Morgan fingerprint density at radius 1 is 1.08 bits per heavy atom. The van der Waals surface area contributed by atoms with Gasteiger partial charge in [-0.3, -0.25) is 4.79 Å². The average Bonchev–Trinajstić information content (AvgIpc) is 2.61. The number of hydrogen-bond donors (Lipinski definition) is 2. The molecule has 5 heteroatoms. The molecule has 0 aliphatic carbocycles. The van der Waals surface area contributed by atoms with Crippen LogP contribution in [0.25, 0.3) is 10.9 Å². The van der Waals surface area contributed by atoms with Crippen LogP contribution < -0.4 is 10.3 Å². The van der Waals surface area contributed by atoms with Crippen molar-refractivity contribution in [3.05, 3.63) is 70.0 Å². The van der Waals surface area contributed by atoms with E-state index in [1.54, 1.807) is 18.2 Å². The summed E-state index contributed by atoms with van der Waals surface area (Å²) >= 11 is 0. The van der Waals surface area contributed by atoms with Crippen molar-refractivity contribution in [2.24, 2.45) is 0 Å². The molecular weight excluding hydrogens is 306 g/mol. The van der Waals surface area contributed by atoms with E-state index in [1.165, 1.54) is 7.11 Å². The summed E-state index contributed by atoms with van der Waals surface area (Å²) < 4.78 is 10.8. The number of fused-ring (bicyclic) bond motifs is 1. The van der Waals surface area contributed by atoms with Crippen molar-refractivity contribution in [3.63, 3.8) is 0 Å². The number of benzene rings is 2. The minimum Gasteiger partial charge on any atom is -0.507 e. The molecule has 24 heavy (non-hydrogen) atoms. The third kappa shape index (κ3) is 3.26. The smallest absolute Gasteiger partial charge is 0.255 e. The third-order valence-electron chi connectivity index (χ3n) is 3.91. The summed E-state index contributed by atoms with van der Waals surface area (Å²) in [5.41, 5.74) is 1.56. The van der Waals surface area contributed by atoms with Crippen LogP contribution in [-0.4, -0.2) is 23.8 Å². The van der Waals surface area contributed by atoms with Crippen molar-refractivity contribution in [1.29, 1.82) is 0 Å². The van der Waals surface area contributed by atoms with Crippen LogP contribution >= 0.6 is 0 Å². The average molecular weight is 325 g/mol. The highest BCUT2D eigenvalue weighted by molar-refractivity contribution is 5.90. The Morgan fingerprint density at radius 2 is 1.88 bits per heavy atom. The van der Waals surface area contributed by atoms with Crippen LogP contribution in [0.2, 0.25) is 0 Å². The molecule has 0 atom stereocenters. The maximum atomic E-state index is 12.3. The monoisotopic (exact) mass is 325 g/mol. The van der Waals surface area contributed by atoms with Crippen LogP contribution in [0, 0.1) is 0 Å². The molecule has 0 amide bonds. The summed E-state index contributed by atoms with van der Waals surface area (Å²) in [7, 11) is 1.52. The molecule has 1 aromatic heterocycles. The lowest BCUT2D eigenvalue weighted by Crippen LogP contribution is -2.15. The second-order valence-corrected chi connectivity index (χ2v) is 5.45. The number of para-hydroxylation sites is 1. The molecule has 0 radical (unpaired) electrons. The Morgan fingerprint density at radius 3 is 2.62 bits per heavy atom. The molecule has 2 aromatic carbocycles. The number of H-pyrrole nitrogens is 1. The highest BCUT2D eigenvalue weighted by atomic mass is 16.5. The van der Waals surface area contributed by atoms with Crippen molar-refractivity contribution in [1.82, 2.24) is 4.98 Å². The summed E-state index contributed by atoms with van der Waals surface area (Å²) in [6.07, 6.45) is 0.334. The van der Waals surface area contributed by atoms with Crippen LogP contribution in [-0.2, 0) is 17.8 Å². The highest BCUT2D eigenvalue weighted by Crippen LogP contribution is 2.30. The van der Waals surface area contributed by atoms with Crippen molar-refractivity contribution >= 4 is 10.9 Å². The Hall–Kier alpha value is -2.79. The van der Waals surface area contributed by atoms with Crippen LogP contribution in [0.15, 0.2) is 53.3 Å². The van der Waals surface area contributed by atoms with E-state index in [9.17, 15) is 9.90 Å². The van der Waals surface area contributed by atoms with E-state index in [4.69, 9.17) is 9.47 Å². The highest BCUT2D eigenvalue weighted by Gasteiger charge is 2.14. The van der Waals surface area contributed by atoms with Crippen molar-refractivity contribution in [3.8, 4) is 11.5 Å². The van der Waals surface area contributed by atoms with Gasteiger partial charge in [-0.15, -0.1) is 0 Å². The Balaban J connectivity index is 1.76. The minimum absolute atomic E-state index is 0.0176. The number of nitrogens with one attached hydrogen (secondary N) is 1. The molecule has 5 nitrogen and oxygen atoms in total. The Kier molecular flexibility index (Phi) is 4.82. The standard InChI is InChI=1S/C19H19NO4/c1-23-16-9-5-8-14-17(16)20-19(22)15(18(14)21)10-11-24-12-13-6-3-2-4-7-13/h2-9H,10-12H2,1H3,(H2,20,21,22). The number of aromatic nitrogens is 1. The predicted molar refractivity (Wildman–Crippen MR) is 92.6 cm³/mol. The quantitative estimate of drug-likeness (QED) is 0.684. The van der Waals surface area contributed by atoms with Gasteiger partial charge in [0.15, 0.2) is 0 Å². The maximum absolute atomic E-state index is 12.3. The topological polar surface area (TPSA) is 71.5 Å². The minimum atomic E-state index is -0.326. The summed E-state index contributed by atoms with van der Waals surface area (Å²) in [4.78, 5) is 15.0. The van der Waals surface area contributed by atoms with Gasteiger partial charge < -0.3 is 19.6 Å². The van der Waals surface area contributed by atoms with Gasteiger partial charge in [0.05, 0.1) is 31.4 Å². The molecule has 0 spiro atoms. The Labute approximate surface area is 139 Å². The molecule has 0 aliphatic heterocycles. The van der Waals surface area contributed by atoms with Crippen LogP contribution in [0.1, 0.15) is 11.1 Å². The molecule has 0 bridgehead atoms. The van der Waals surface area contributed by atoms with Crippen molar-refractivity contribution in [2.75, 3.05) is 13.7 Å². The van der Waals surface area contributed by atoms with Gasteiger partial charge in [-0.05, 0) is 17.7 Å². The molecule has 1 heterocycles. The van der Waals surface area contributed by atoms with Crippen molar-refractivity contribution < 1.29 is 14.6 Å². The fourth-order valence-electron chi connectivity index (χ4n) is 2.66. The second kappa shape index (κ2) is 7.19. The lowest BCUT2D eigenvalue weighted by atomic mass is 10.1. The molecule has 0 fully saturated rings. The molecule has 0 aliphatic rings. The number of aromatic amines is 1. The Bertz CT molecular complexity index is 887. The molecule has 3 aromatic rings. The molecular formula is C19H19NO4. The van der Waals surface area contributed by atoms with Gasteiger partial charge in [0.1, 0.15) is 11.5 Å². The number of pyridine rings is 1. The first-order valence-electron chi connectivity index (χ1n) is 7.73. The van der Waals surface area contributed by atoms with Gasteiger partial charge in [-0.25, -0.2) is 0 Å². The van der Waals surface area contributed by atoms with E-state index < -0.39 is 0 Å². The number of aromatic hydroxyl groups is 1. The number of methoxy groups -OCH3 is 1. The lowest BCUT2D eigenvalue weighted by Gasteiger charge is -2.10. The van der Waals surface area contributed by atoms with E-state index in [-0.39, 0.29) is 11.3 Å². The van der Waals surface area contributed by atoms with E-state index >= 15 is 0 Å². The first kappa shape index (κ1) is 16.1. The van der Waals surface area contributed by atoms with E-state index in [0.717, 1.165) is 5.56 Å². The summed E-state index contributed by atoms with van der Waals surface area (Å²) in [5, 5.41) is 11.0. The zero-order chi connectivity index (χ0) is 16.9. The first-order valence-corrected chi connectivity index (χ1v) is 7.73. The summed E-state index contributed by atoms with van der Waals surface area (Å²) in [5.74, 6) is 0.503. The largest absolute Gasteiger partial charge is 0.507 e. The second-order valence-electron chi connectivity index (χ2n) is 5.45. The molecule has 3 rings (SSSR count). The SMILES string of the molecule is COc1cccc2c(O)c(CCOCc3ccccc3)c(=O)[nH]c12. The first-order chi connectivity index (χ1) is 11.7. The van der Waals surface area contributed by atoms with E-state index in [0.29, 0.717) is 41.9 Å². The molecule has 0 saturated carbocycles. The van der Waals surface area contributed by atoms with Gasteiger partial charge in [-0.1, -0.05) is 36.4 Å². The van der Waals surface area contributed by atoms with Crippen LogP contribution in [0.5, 0.6) is 11.5 Å². The van der Waals surface area contributed by atoms with E-state index in [2.05, 4.69) is 4.98 Å². The van der Waals surface area contributed by atoms with Gasteiger partial charge in [0, 0.05) is 11.8 Å². The van der Waals surface area contributed by atoms with Gasteiger partial charge in [0.2, 0.25) is 0 Å². The number of ether oxygens (including phenoxy) is 2. The fourth-order valence-corrected chi connectivity index (χ4v) is 2.66. The van der Waals surface area contributed by atoms with Crippen LogP contribution in [0.4, 0.5) is 0 Å². The third-order valence-corrected chi connectivity index (χ3v) is 3.91. The zero-order valence-electron chi connectivity index (χ0n) is 13.4. The fraction of sp³-hybridized carbons (Fsp3) is 0.211. The number of hydrogen-bond acceptors (Lipinski definition) is 4. The predicted octanol–water partition coefficient (Wildman–Crippen LogP) is 3.00. The molecule has 0 saturated heterocycles. The van der Waals surface area contributed by atoms with Gasteiger partial charge in [0.25, 0.3) is 5.56 Å². The molecule has 0 unspecified atom stereocenters. The summed E-state index contributed by atoms with van der Waals surface area (Å²) in [6.45, 7) is 0.821. The maximum Gasteiger partial charge on any atom is 0.255 e. The van der Waals surface area contributed by atoms with Crippen molar-refractivity contribution in [2.45, 2.75) is 13.0 Å². The van der Waals surface area contributed by atoms with Crippen LogP contribution in [0.3, 0.4) is 0 Å². The number of rotatable bonds is 6. The van der Waals surface area contributed by atoms with E-state index in [1.807, 2.05) is 30.3 Å². The van der Waals surface area contributed by atoms with Gasteiger partial charge >= 0.3 is 0 Å². The summed E-state index contributed by atoms with van der Waals surface area (Å²) in [6, 6.07) is 15.1. The zero-order valence-corrected chi connectivity index (χ0v) is 13.4. The normalized spacial score (nSPS) is 10.9. The molecule has 124 valence electrons. The lowest BCUT2D eigenvalue weighted by molar-refractivity contribution is 0.123.